The van der Waals surface area contributed by atoms with Crippen LogP contribution in [0.15, 0.2) is 22.7 Å². The molecule has 4 heterocycles. The van der Waals surface area contributed by atoms with Crippen molar-refractivity contribution in [3.63, 3.8) is 0 Å². The Hall–Kier alpha value is -2.52. The lowest BCUT2D eigenvalue weighted by atomic mass is 9.92. The molecule has 0 atom stereocenters. The Kier molecular flexibility index (Phi) is 4.48. The summed E-state index contributed by atoms with van der Waals surface area (Å²) >= 11 is 1.48. The number of benzene rings is 1. The van der Waals surface area contributed by atoms with Crippen LogP contribution < -0.4 is 5.32 Å². The molecule has 2 amide bonds. The largest absolute Gasteiger partial charge is 0.375 e. The van der Waals surface area contributed by atoms with E-state index in [0.717, 1.165) is 40.9 Å². The maximum absolute atomic E-state index is 13.6. The number of halogens is 1. The SMILES string of the molecule is O=C(Nc1nc2c(s1)COCC2)N1CCC(c2noc3ccc(F)cc23)CC1. The zero-order valence-electron chi connectivity index (χ0n) is 15.1. The molecule has 0 radical (unpaired) electrons. The molecule has 9 heteroatoms. The molecule has 1 saturated heterocycles. The Bertz CT molecular complexity index is 1000. The normalized spacial score (nSPS) is 17.7. The Morgan fingerprint density at radius 3 is 3.00 bits per heavy atom. The number of nitrogens with one attached hydrogen (secondary N) is 1. The number of anilines is 1. The fourth-order valence-electron chi connectivity index (χ4n) is 3.83. The van der Waals surface area contributed by atoms with E-state index >= 15 is 0 Å². The van der Waals surface area contributed by atoms with E-state index < -0.39 is 0 Å². The number of piperidine rings is 1. The summed E-state index contributed by atoms with van der Waals surface area (Å²) in [5, 5.41) is 8.41. The van der Waals surface area contributed by atoms with Crippen LogP contribution in [0, 0.1) is 5.82 Å². The smallest absolute Gasteiger partial charge is 0.323 e. The topological polar surface area (TPSA) is 80.5 Å². The quantitative estimate of drug-likeness (QED) is 0.703. The molecule has 2 aromatic heterocycles. The summed E-state index contributed by atoms with van der Waals surface area (Å²) in [6.07, 6.45) is 2.31. The monoisotopic (exact) mass is 402 g/mol. The zero-order chi connectivity index (χ0) is 19.1. The number of urea groups is 1. The van der Waals surface area contributed by atoms with Crippen molar-refractivity contribution in [1.29, 1.82) is 0 Å². The van der Waals surface area contributed by atoms with Gasteiger partial charge < -0.3 is 14.2 Å². The summed E-state index contributed by atoms with van der Waals surface area (Å²) in [6.45, 7) is 2.46. The van der Waals surface area contributed by atoms with Crippen molar-refractivity contribution >= 4 is 33.5 Å². The minimum absolute atomic E-state index is 0.137. The first-order chi connectivity index (χ1) is 13.7. The number of thiazole rings is 1. The minimum Gasteiger partial charge on any atom is -0.375 e. The molecular formula is C19H19FN4O3S. The van der Waals surface area contributed by atoms with E-state index in [9.17, 15) is 9.18 Å². The predicted octanol–water partition coefficient (Wildman–Crippen LogP) is 3.91. The van der Waals surface area contributed by atoms with Crippen LogP contribution in [-0.4, -0.2) is 40.8 Å². The van der Waals surface area contributed by atoms with Crippen LogP contribution in [0.1, 0.15) is 35.0 Å². The standard InChI is InChI=1S/C19H19FN4O3S/c20-12-1-2-15-13(9-12)17(23-27-15)11-3-6-24(7-4-11)19(25)22-18-21-14-5-8-26-10-16(14)28-18/h1-2,9,11H,3-8,10H2,(H,21,22,25). The number of hydrogen-bond acceptors (Lipinski definition) is 6. The third kappa shape index (κ3) is 3.24. The van der Waals surface area contributed by atoms with Crippen molar-refractivity contribution in [2.75, 3.05) is 25.0 Å². The molecule has 5 rings (SSSR count). The highest BCUT2D eigenvalue weighted by molar-refractivity contribution is 7.15. The van der Waals surface area contributed by atoms with Crippen LogP contribution in [-0.2, 0) is 17.8 Å². The van der Waals surface area contributed by atoms with Crippen LogP contribution >= 0.6 is 11.3 Å². The van der Waals surface area contributed by atoms with E-state index in [1.807, 2.05) is 0 Å². The number of aromatic nitrogens is 2. The highest BCUT2D eigenvalue weighted by Crippen LogP contribution is 2.33. The zero-order valence-corrected chi connectivity index (χ0v) is 15.9. The number of fused-ring (bicyclic) bond motifs is 2. The molecule has 3 aromatic rings. The molecule has 0 spiro atoms. The fraction of sp³-hybridized carbons (Fsp3) is 0.421. The van der Waals surface area contributed by atoms with E-state index in [1.54, 1.807) is 11.0 Å². The van der Waals surface area contributed by atoms with Crippen LogP contribution in [0.5, 0.6) is 0 Å². The Balaban J connectivity index is 1.23. The third-order valence-corrected chi connectivity index (χ3v) is 6.32. The second kappa shape index (κ2) is 7.14. The number of hydrogen-bond donors (Lipinski definition) is 1. The van der Waals surface area contributed by atoms with Gasteiger partial charge in [-0.3, -0.25) is 5.32 Å². The molecule has 1 N–H and O–H groups in total. The summed E-state index contributed by atoms with van der Waals surface area (Å²) in [4.78, 5) is 20.0. The van der Waals surface area contributed by atoms with Crippen molar-refractivity contribution in [3.8, 4) is 0 Å². The molecule has 1 aromatic carbocycles. The molecular weight excluding hydrogens is 383 g/mol. The highest BCUT2D eigenvalue weighted by Gasteiger charge is 2.28. The Labute approximate surface area is 164 Å². The molecule has 2 aliphatic rings. The molecule has 146 valence electrons. The Morgan fingerprint density at radius 1 is 1.32 bits per heavy atom. The molecule has 0 unspecified atom stereocenters. The first-order valence-electron chi connectivity index (χ1n) is 9.34. The third-order valence-electron chi connectivity index (χ3n) is 5.34. The van der Waals surface area contributed by atoms with Gasteiger partial charge >= 0.3 is 6.03 Å². The van der Waals surface area contributed by atoms with E-state index in [1.165, 1.54) is 23.5 Å². The van der Waals surface area contributed by atoms with Gasteiger partial charge in [0.15, 0.2) is 10.7 Å². The average molecular weight is 402 g/mol. The van der Waals surface area contributed by atoms with E-state index in [0.29, 0.717) is 37.0 Å². The molecule has 0 bridgehead atoms. The van der Waals surface area contributed by atoms with Gasteiger partial charge in [0, 0.05) is 30.8 Å². The van der Waals surface area contributed by atoms with Crippen LogP contribution in [0.25, 0.3) is 11.0 Å². The number of rotatable bonds is 2. The number of ether oxygens (including phenoxy) is 1. The molecule has 28 heavy (non-hydrogen) atoms. The number of carbonyl (C=O) groups is 1. The van der Waals surface area contributed by atoms with Gasteiger partial charge in [-0.25, -0.2) is 14.2 Å². The van der Waals surface area contributed by atoms with Crippen molar-refractivity contribution < 1.29 is 18.4 Å². The first-order valence-corrected chi connectivity index (χ1v) is 10.2. The molecule has 2 aliphatic heterocycles. The van der Waals surface area contributed by atoms with E-state index in [-0.39, 0.29) is 17.8 Å². The van der Waals surface area contributed by atoms with Gasteiger partial charge in [0.1, 0.15) is 5.82 Å². The van der Waals surface area contributed by atoms with Crippen molar-refractivity contribution in [2.24, 2.45) is 0 Å². The van der Waals surface area contributed by atoms with E-state index in [2.05, 4.69) is 15.5 Å². The minimum atomic E-state index is -0.301. The molecule has 7 nitrogen and oxygen atoms in total. The van der Waals surface area contributed by atoms with Gasteiger partial charge in [0.2, 0.25) is 0 Å². The van der Waals surface area contributed by atoms with Gasteiger partial charge in [-0.1, -0.05) is 16.5 Å². The summed E-state index contributed by atoms with van der Waals surface area (Å²) in [7, 11) is 0. The number of nitrogens with zero attached hydrogens (tertiary/aromatic N) is 3. The summed E-state index contributed by atoms with van der Waals surface area (Å²) in [5.74, 6) is -0.151. The lowest BCUT2D eigenvalue weighted by molar-refractivity contribution is 0.112. The van der Waals surface area contributed by atoms with Gasteiger partial charge in [-0.2, -0.15) is 0 Å². The second-order valence-electron chi connectivity index (χ2n) is 7.09. The Morgan fingerprint density at radius 2 is 2.18 bits per heavy atom. The number of carbonyl (C=O) groups excluding carboxylic acids is 1. The second-order valence-corrected chi connectivity index (χ2v) is 8.17. The maximum atomic E-state index is 13.6. The van der Waals surface area contributed by atoms with Crippen LogP contribution in [0.4, 0.5) is 14.3 Å². The van der Waals surface area contributed by atoms with E-state index in [4.69, 9.17) is 9.26 Å². The van der Waals surface area contributed by atoms with Crippen molar-refractivity contribution in [1.82, 2.24) is 15.0 Å². The van der Waals surface area contributed by atoms with Crippen molar-refractivity contribution in [3.05, 3.63) is 40.3 Å². The molecule has 0 aliphatic carbocycles. The lowest BCUT2D eigenvalue weighted by Gasteiger charge is -2.30. The van der Waals surface area contributed by atoms with Crippen molar-refractivity contribution in [2.45, 2.75) is 31.8 Å². The number of likely N-dealkylation sites (tertiary alicyclic amines) is 1. The molecule has 0 saturated carbocycles. The predicted molar refractivity (Wildman–Crippen MR) is 102 cm³/mol. The highest BCUT2D eigenvalue weighted by atomic mass is 32.1. The average Bonchev–Trinajstić information content (AvgIpc) is 3.31. The van der Waals surface area contributed by atoms with Gasteiger partial charge in [-0.05, 0) is 31.0 Å². The number of amides is 2. The molecule has 1 fully saturated rings. The van der Waals surface area contributed by atoms with Gasteiger partial charge in [-0.15, -0.1) is 0 Å². The van der Waals surface area contributed by atoms with Gasteiger partial charge in [0.25, 0.3) is 0 Å². The first kappa shape index (κ1) is 17.6. The summed E-state index contributed by atoms with van der Waals surface area (Å²) < 4.78 is 24.3. The van der Waals surface area contributed by atoms with Gasteiger partial charge in [0.05, 0.1) is 29.5 Å². The van der Waals surface area contributed by atoms with Crippen LogP contribution in [0.2, 0.25) is 0 Å². The summed E-state index contributed by atoms with van der Waals surface area (Å²) in [6, 6.07) is 4.30. The fourth-order valence-corrected chi connectivity index (χ4v) is 4.76. The lowest BCUT2D eigenvalue weighted by Crippen LogP contribution is -2.40. The van der Waals surface area contributed by atoms with Crippen LogP contribution in [0.3, 0.4) is 0 Å². The summed E-state index contributed by atoms with van der Waals surface area (Å²) in [5.41, 5.74) is 2.39. The maximum Gasteiger partial charge on any atom is 0.323 e.